The maximum atomic E-state index is 12.4. The van der Waals surface area contributed by atoms with Gasteiger partial charge in [-0.2, -0.15) is 0 Å². The zero-order valence-electron chi connectivity index (χ0n) is 15.2. The highest BCUT2D eigenvalue weighted by atomic mass is 16.5. The predicted octanol–water partition coefficient (Wildman–Crippen LogP) is -0.382. The number of hydrogen-bond acceptors (Lipinski definition) is 6. The zero-order valence-corrected chi connectivity index (χ0v) is 15.2. The number of ether oxygens (including phenoxy) is 4. The van der Waals surface area contributed by atoms with Gasteiger partial charge in [0.1, 0.15) is 19.6 Å². The Morgan fingerprint density at radius 1 is 1.00 bits per heavy atom. The number of H-pyrrole nitrogens is 1. The number of methoxy groups -OCH3 is 4. The lowest BCUT2D eigenvalue weighted by Gasteiger charge is -2.18. The maximum Gasteiger partial charge on any atom is 0.259 e. The number of aromatic nitrogens is 2. The molecule has 0 bridgehead atoms. The lowest BCUT2D eigenvalue weighted by molar-refractivity contribution is -0.915. The molecule has 8 heteroatoms. The Kier molecular flexibility index (Phi) is 7.17. The molecule has 8 nitrogen and oxygen atoms in total. The first-order chi connectivity index (χ1) is 12.1. The summed E-state index contributed by atoms with van der Waals surface area (Å²) in [5.74, 6) is 1.66. The minimum absolute atomic E-state index is 0.196. The molecule has 2 aromatic rings. The zero-order chi connectivity index (χ0) is 18.2. The number of fused-ring (bicyclic) bond motifs is 1. The first kappa shape index (κ1) is 19.2. The van der Waals surface area contributed by atoms with Crippen LogP contribution in [0.3, 0.4) is 0 Å². The average molecular weight is 352 g/mol. The second kappa shape index (κ2) is 9.36. The third-order valence-electron chi connectivity index (χ3n) is 4.00. The summed E-state index contributed by atoms with van der Waals surface area (Å²) in [5.41, 5.74) is 0.382. The van der Waals surface area contributed by atoms with E-state index >= 15 is 0 Å². The molecule has 1 aromatic heterocycles. The third kappa shape index (κ3) is 4.91. The Labute approximate surface area is 146 Å². The fraction of sp³-hybridized carbons (Fsp3) is 0.529. The van der Waals surface area contributed by atoms with Crippen LogP contribution in [0.1, 0.15) is 5.82 Å². The molecule has 2 N–H and O–H groups in total. The van der Waals surface area contributed by atoms with E-state index in [0.717, 1.165) is 13.1 Å². The minimum atomic E-state index is -0.196. The second-order valence-electron chi connectivity index (χ2n) is 5.65. The molecule has 0 saturated carbocycles. The van der Waals surface area contributed by atoms with Crippen LogP contribution in [0.2, 0.25) is 0 Å². The average Bonchev–Trinajstić information content (AvgIpc) is 2.62. The van der Waals surface area contributed by atoms with Crippen LogP contribution in [0.4, 0.5) is 0 Å². The summed E-state index contributed by atoms with van der Waals surface area (Å²) < 4.78 is 20.9. The summed E-state index contributed by atoms with van der Waals surface area (Å²) in [6.07, 6.45) is 0. The van der Waals surface area contributed by atoms with Crippen molar-refractivity contribution >= 4 is 10.9 Å². The molecule has 0 radical (unpaired) electrons. The van der Waals surface area contributed by atoms with Gasteiger partial charge in [0.15, 0.2) is 17.3 Å². The smallest absolute Gasteiger partial charge is 0.259 e. The first-order valence-corrected chi connectivity index (χ1v) is 8.09. The summed E-state index contributed by atoms with van der Waals surface area (Å²) in [7, 11) is 6.43. The Morgan fingerprint density at radius 3 is 2.16 bits per heavy atom. The van der Waals surface area contributed by atoms with E-state index < -0.39 is 0 Å². The molecule has 0 aliphatic rings. The van der Waals surface area contributed by atoms with Crippen molar-refractivity contribution in [2.75, 3.05) is 54.7 Å². The normalized spacial score (nSPS) is 11.2. The largest absolute Gasteiger partial charge is 0.493 e. The number of benzene rings is 1. The van der Waals surface area contributed by atoms with Crippen LogP contribution in [0.5, 0.6) is 11.5 Å². The van der Waals surface area contributed by atoms with E-state index in [1.165, 1.54) is 12.0 Å². The van der Waals surface area contributed by atoms with Gasteiger partial charge in [-0.3, -0.25) is 4.79 Å². The monoisotopic (exact) mass is 352 g/mol. The molecule has 0 amide bonds. The summed E-state index contributed by atoms with van der Waals surface area (Å²) in [6.45, 7) is 3.43. The van der Waals surface area contributed by atoms with E-state index in [2.05, 4.69) is 9.97 Å². The van der Waals surface area contributed by atoms with Crippen molar-refractivity contribution in [1.29, 1.82) is 0 Å². The molecule has 1 aromatic carbocycles. The van der Waals surface area contributed by atoms with Crippen molar-refractivity contribution in [2.45, 2.75) is 6.54 Å². The van der Waals surface area contributed by atoms with Crippen LogP contribution in [0, 0.1) is 0 Å². The molecular formula is C17H26N3O5+. The van der Waals surface area contributed by atoms with Crippen molar-refractivity contribution in [3.63, 3.8) is 0 Å². The number of nitrogens with zero attached hydrogens (tertiary/aromatic N) is 1. The van der Waals surface area contributed by atoms with Crippen LogP contribution < -0.4 is 19.9 Å². The van der Waals surface area contributed by atoms with Crippen molar-refractivity contribution in [3.05, 3.63) is 28.3 Å². The van der Waals surface area contributed by atoms with Gasteiger partial charge in [-0.25, -0.2) is 4.98 Å². The molecule has 0 unspecified atom stereocenters. The van der Waals surface area contributed by atoms with Gasteiger partial charge in [-0.05, 0) is 6.07 Å². The molecule has 1 heterocycles. The van der Waals surface area contributed by atoms with Crippen LogP contribution in [0.25, 0.3) is 10.9 Å². The maximum absolute atomic E-state index is 12.4. The quantitative estimate of drug-likeness (QED) is 0.606. The van der Waals surface area contributed by atoms with Gasteiger partial charge in [0.25, 0.3) is 5.56 Å². The molecule has 0 saturated heterocycles. The van der Waals surface area contributed by atoms with Crippen LogP contribution >= 0.6 is 0 Å². The third-order valence-corrected chi connectivity index (χ3v) is 4.00. The van der Waals surface area contributed by atoms with Crippen LogP contribution in [-0.4, -0.2) is 64.7 Å². The Morgan fingerprint density at radius 2 is 1.60 bits per heavy atom. The van der Waals surface area contributed by atoms with Crippen molar-refractivity contribution in [1.82, 2.24) is 9.97 Å². The molecule has 0 fully saturated rings. The van der Waals surface area contributed by atoms with Gasteiger partial charge in [0.05, 0.1) is 38.3 Å². The number of aromatic amines is 1. The molecule has 2 rings (SSSR count). The first-order valence-electron chi connectivity index (χ1n) is 8.09. The predicted molar refractivity (Wildman–Crippen MR) is 93.6 cm³/mol. The standard InChI is InChI=1S/C17H25N3O5/c1-22-7-5-20(6-8-23-2)11-16-18-13-10-15(25-4)14(24-3)9-12(13)17(21)19-16/h9-10H,5-8,11H2,1-4H3,(H,18,19,21)/p+1. The fourth-order valence-electron chi connectivity index (χ4n) is 2.63. The lowest BCUT2D eigenvalue weighted by Crippen LogP contribution is -3.11. The van der Waals surface area contributed by atoms with Gasteiger partial charge in [-0.1, -0.05) is 0 Å². The second-order valence-corrected chi connectivity index (χ2v) is 5.65. The molecule has 0 aliphatic heterocycles. The Bertz CT molecular complexity index is 739. The number of rotatable bonds is 10. The van der Waals surface area contributed by atoms with Gasteiger partial charge in [-0.15, -0.1) is 0 Å². The highest BCUT2D eigenvalue weighted by Crippen LogP contribution is 2.29. The van der Waals surface area contributed by atoms with E-state index in [0.29, 0.717) is 48.0 Å². The van der Waals surface area contributed by atoms with E-state index in [-0.39, 0.29) is 5.56 Å². The summed E-state index contributed by atoms with van der Waals surface area (Å²) in [5, 5.41) is 0.469. The Balaban J connectivity index is 2.32. The molecular weight excluding hydrogens is 326 g/mol. The molecule has 0 spiro atoms. The van der Waals surface area contributed by atoms with Gasteiger partial charge < -0.3 is 28.8 Å². The number of nitrogens with one attached hydrogen (secondary N) is 2. The van der Waals surface area contributed by atoms with Crippen molar-refractivity contribution < 1.29 is 23.8 Å². The molecule has 138 valence electrons. The van der Waals surface area contributed by atoms with Crippen molar-refractivity contribution in [3.8, 4) is 11.5 Å². The summed E-state index contributed by atoms with van der Waals surface area (Å²) in [4.78, 5) is 21.1. The summed E-state index contributed by atoms with van der Waals surface area (Å²) in [6, 6.07) is 3.36. The minimum Gasteiger partial charge on any atom is -0.493 e. The van der Waals surface area contributed by atoms with E-state index in [1.807, 2.05) is 0 Å². The van der Waals surface area contributed by atoms with Crippen LogP contribution in [0.15, 0.2) is 16.9 Å². The highest BCUT2D eigenvalue weighted by Gasteiger charge is 2.15. The molecule has 0 atom stereocenters. The Hall–Kier alpha value is -2.16. The molecule has 25 heavy (non-hydrogen) atoms. The molecule has 0 aliphatic carbocycles. The van der Waals surface area contributed by atoms with E-state index in [4.69, 9.17) is 18.9 Å². The van der Waals surface area contributed by atoms with E-state index in [9.17, 15) is 4.79 Å². The lowest BCUT2D eigenvalue weighted by atomic mass is 10.2. The topological polar surface area (TPSA) is 87.1 Å². The summed E-state index contributed by atoms with van der Waals surface area (Å²) >= 11 is 0. The number of hydrogen-bond donors (Lipinski definition) is 2. The van der Waals surface area contributed by atoms with Gasteiger partial charge in [0.2, 0.25) is 0 Å². The van der Waals surface area contributed by atoms with E-state index in [1.54, 1.807) is 33.5 Å². The number of quaternary nitrogens is 1. The van der Waals surface area contributed by atoms with Crippen LogP contribution in [-0.2, 0) is 16.0 Å². The fourth-order valence-corrected chi connectivity index (χ4v) is 2.63. The van der Waals surface area contributed by atoms with Gasteiger partial charge >= 0.3 is 0 Å². The van der Waals surface area contributed by atoms with Gasteiger partial charge in [0, 0.05) is 20.3 Å². The van der Waals surface area contributed by atoms with Crippen molar-refractivity contribution in [2.24, 2.45) is 0 Å². The SMILES string of the molecule is COCC[NH+](CCOC)Cc1nc2cc(OC)c(OC)cc2c(=O)[nH]1. The highest BCUT2D eigenvalue weighted by molar-refractivity contribution is 5.81.